The Bertz CT molecular complexity index is 280. The SMILES string of the molecule is Cc1sc[n+](CC(=O)O)c1C. The largest absolute Gasteiger partial charge is 0.477 e. The van der Waals surface area contributed by atoms with Gasteiger partial charge in [0.25, 0.3) is 0 Å². The van der Waals surface area contributed by atoms with Crippen molar-refractivity contribution in [2.24, 2.45) is 0 Å². The molecule has 1 heterocycles. The minimum absolute atomic E-state index is 0.0656. The summed E-state index contributed by atoms with van der Waals surface area (Å²) in [6, 6.07) is 0. The molecule has 1 N–H and O–H groups in total. The summed E-state index contributed by atoms with van der Waals surface area (Å²) < 4.78 is 1.74. The van der Waals surface area contributed by atoms with Crippen LogP contribution >= 0.6 is 11.3 Å². The average molecular weight is 172 g/mol. The van der Waals surface area contributed by atoms with Gasteiger partial charge in [0.15, 0.2) is 5.69 Å². The van der Waals surface area contributed by atoms with Gasteiger partial charge in [-0.25, -0.2) is 4.79 Å². The van der Waals surface area contributed by atoms with Gasteiger partial charge >= 0.3 is 5.97 Å². The molecule has 0 fully saturated rings. The van der Waals surface area contributed by atoms with E-state index in [2.05, 4.69) is 0 Å². The van der Waals surface area contributed by atoms with Gasteiger partial charge in [-0.3, -0.25) is 0 Å². The molecular weight excluding hydrogens is 162 g/mol. The van der Waals surface area contributed by atoms with Crippen molar-refractivity contribution in [2.45, 2.75) is 20.4 Å². The standard InChI is InChI=1S/C7H9NO2S/c1-5-6(2)11-4-8(5)3-7(9)10/h4H,3H2,1-2H3/p+1. The molecule has 0 radical (unpaired) electrons. The van der Waals surface area contributed by atoms with E-state index in [1.165, 1.54) is 4.88 Å². The fourth-order valence-electron chi connectivity index (χ4n) is 0.811. The Labute approximate surface area is 68.9 Å². The number of thiazole rings is 1. The van der Waals surface area contributed by atoms with Crippen LogP contribution in [0, 0.1) is 13.8 Å². The lowest BCUT2D eigenvalue weighted by atomic mass is 10.4. The highest BCUT2D eigenvalue weighted by Gasteiger charge is 2.14. The molecule has 0 saturated heterocycles. The average Bonchev–Trinajstić information content (AvgIpc) is 2.18. The van der Waals surface area contributed by atoms with E-state index >= 15 is 0 Å². The van der Waals surface area contributed by atoms with Crippen molar-refractivity contribution in [3.05, 3.63) is 16.1 Å². The molecule has 0 aliphatic carbocycles. The predicted octanol–water partition coefficient (Wildman–Crippen LogP) is 0.737. The molecule has 0 bridgehead atoms. The number of carboxylic acids is 1. The van der Waals surface area contributed by atoms with Crippen LogP contribution in [0.5, 0.6) is 0 Å². The first-order chi connectivity index (χ1) is 5.11. The number of aliphatic carboxylic acids is 1. The first-order valence-electron chi connectivity index (χ1n) is 3.27. The summed E-state index contributed by atoms with van der Waals surface area (Å²) in [4.78, 5) is 11.5. The van der Waals surface area contributed by atoms with Crippen LogP contribution in [-0.4, -0.2) is 11.1 Å². The predicted molar refractivity (Wildman–Crippen MR) is 41.6 cm³/mol. The number of aryl methyl sites for hydroxylation is 1. The van der Waals surface area contributed by atoms with Gasteiger partial charge in [0.05, 0.1) is 4.88 Å². The lowest BCUT2D eigenvalue weighted by Gasteiger charge is -1.88. The van der Waals surface area contributed by atoms with Crippen LogP contribution in [0.4, 0.5) is 0 Å². The van der Waals surface area contributed by atoms with Crippen LogP contribution in [-0.2, 0) is 11.3 Å². The maximum Gasteiger partial charge on any atom is 0.370 e. The molecule has 0 spiro atoms. The van der Waals surface area contributed by atoms with Crippen molar-refractivity contribution in [1.29, 1.82) is 0 Å². The van der Waals surface area contributed by atoms with Crippen LogP contribution in [0.25, 0.3) is 0 Å². The van der Waals surface area contributed by atoms with Crippen LogP contribution in [0.2, 0.25) is 0 Å². The summed E-state index contributed by atoms with van der Waals surface area (Å²) in [6.07, 6.45) is 0. The zero-order chi connectivity index (χ0) is 8.43. The van der Waals surface area contributed by atoms with E-state index in [0.717, 1.165) is 5.69 Å². The van der Waals surface area contributed by atoms with E-state index in [1.807, 2.05) is 19.4 Å². The highest BCUT2D eigenvalue weighted by atomic mass is 32.1. The van der Waals surface area contributed by atoms with Gasteiger partial charge in [0.1, 0.15) is 0 Å². The van der Waals surface area contributed by atoms with E-state index in [9.17, 15) is 4.79 Å². The Balaban J connectivity index is 2.87. The number of nitrogens with zero attached hydrogens (tertiary/aromatic N) is 1. The summed E-state index contributed by atoms with van der Waals surface area (Å²) in [5, 5.41) is 8.48. The monoisotopic (exact) mass is 172 g/mol. The fraction of sp³-hybridized carbons (Fsp3) is 0.429. The third-order valence-corrected chi connectivity index (χ3v) is 2.61. The summed E-state index contributed by atoms with van der Waals surface area (Å²) >= 11 is 1.57. The molecule has 60 valence electrons. The fourth-order valence-corrected chi connectivity index (χ4v) is 1.62. The Hall–Kier alpha value is -0.900. The molecule has 0 amide bonds. The highest BCUT2D eigenvalue weighted by Crippen LogP contribution is 2.07. The van der Waals surface area contributed by atoms with Crippen molar-refractivity contribution in [3.8, 4) is 0 Å². The molecule has 4 heteroatoms. The number of hydrogen-bond acceptors (Lipinski definition) is 2. The van der Waals surface area contributed by atoms with E-state index in [0.29, 0.717) is 0 Å². The van der Waals surface area contributed by atoms with Gasteiger partial charge in [0, 0.05) is 6.92 Å². The molecule has 0 aliphatic rings. The smallest absolute Gasteiger partial charge is 0.370 e. The van der Waals surface area contributed by atoms with Gasteiger partial charge in [-0.15, -0.1) is 0 Å². The van der Waals surface area contributed by atoms with Crippen molar-refractivity contribution in [3.63, 3.8) is 0 Å². The molecule has 1 rings (SSSR count). The van der Waals surface area contributed by atoms with Crippen LogP contribution in [0.15, 0.2) is 5.51 Å². The highest BCUT2D eigenvalue weighted by molar-refractivity contribution is 7.09. The van der Waals surface area contributed by atoms with Crippen LogP contribution in [0.1, 0.15) is 10.6 Å². The summed E-state index contributed by atoms with van der Waals surface area (Å²) in [6.45, 7) is 3.98. The quantitative estimate of drug-likeness (QED) is 0.668. The lowest BCUT2D eigenvalue weighted by Crippen LogP contribution is -2.38. The van der Waals surface area contributed by atoms with Crippen molar-refractivity contribution >= 4 is 17.3 Å². The first-order valence-corrected chi connectivity index (χ1v) is 4.15. The summed E-state index contributed by atoms with van der Waals surface area (Å²) in [7, 11) is 0. The summed E-state index contributed by atoms with van der Waals surface area (Å²) in [5.41, 5.74) is 2.87. The Kier molecular flexibility index (Phi) is 2.24. The second-order valence-corrected chi connectivity index (χ2v) is 3.45. The second kappa shape index (κ2) is 3.00. The minimum Gasteiger partial charge on any atom is -0.477 e. The molecule has 0 aliphatic heterocycles. The Morgan fingerprint density at radius 2 is 2.36 bits per heavy atom. The molecule has 0 aromatic carbocycles. The molecule has 0 unspecified atom stereocenters. The van der Waals surface area contributed by atoms with Crippen molar-refractivity contribution in [1.82, 2.24) is 0 Å². The summed E-state index contributed by atoms with van der Waals surface area (Å²) in [5.74, 6) is -0.795. The molecule has 1 aromatic rings. The van der Waals surface area contributed by atoms with Crippen LogP contribution < -0.4 is 4.57 Å². The minimum atomic E-state index is -0.795. The number of rotatable bonds is 2. The number of carboxylic acid groups (broad SMARTS) is 1. The topological polar surface area (TPSA) is 41.2 Å². The number of hydrogen-bond donors (Lipinski definition) is 1. The third kappa shape index (κ3) is 1.77. The molecule has 1 aromatic heterocycles. The van der Waals surface area contributed by atoms with Crippen molar-refractivity contribution < 1.29 is 14.5 Å². The van der Waals surface area contributed by atoms with E-state index in [1.54, 1.807) is 15.9 Å². The van der Waals surface area contributed by atoms with Gasteiger partial charge in [-0.1, -0.05) is 11.3 Å². The van der Waals surface area contributed by atoms with Gasteiger partial charge in [-0.05, 0) is 6.92 Å². The normalized spacial score (nSPS) is 10.0. The third-order valence-electron chi connectivity index (χ3n) is 1.60. The lowest BCUT2D eigenvalue weighted by molar-refractivity contribution is -0.687. The number of aromatic nitrogens is 1. The van der Waals surface area contributed by atoms with E-state index in [-0.39, 0.29) is 6.54 Å². The first kappa shape index (κ1) is 8.20. The molecule has 0 atom stereocenters. The molecular formula is C7H10NO2S+. The van der Waals surface area contributed by atoms with E-state index < -0.39 is 5.97 Å². The maximum absolute atomic E-state index is 10.3. The van der Waals surface area contributed by atoms with Crippen molar-refractivity contribution in [2.75, 3.05) is 0 Å². The maximum atomic E-state index is 10.3. The number of carbonyl (C=O) groups is 1. The van der Waals surface area contributed by atoms with Gasteiger partial charge < -0.3 is 5.11 Å². The van der Waals surface area contributed by atoms with Gasteiger partial charge in [-0.2, -0.15) is 4.57 Å². The van der Waals surface area contributed by atoms with Crippen LogP contribution in [0.3, 0.4) is 0 Å². The molecule has 3 nitrogen and oxygen atoms in total. The second-order valence-electron chi connectivity index (χ2n) is 2.39. The zero-order valence-corrected chi connectivity index (χ0v) is 7.31. The van der Waals surface area contributed by atoms with E-state index in [4.69, 9.17) is 5.11 Å². The Morgan fingerprint density at radius 3 is 2.73 bits per heavy atom. The molecule has 0 saturated carbocycles. The molecule has 11 heavy (non-hydrogen) atoms. The zero-order valence-electron chi connectivity index (χ0n) is 6.50. The van der Waals surface area contributed by atoms with Gasteiger partial charge in [0.2, 0.25) is 12.1 Å². The Morgan fingerprint density at radius 1 is 1.73 bits per heavy atom.